The van der Waals surface area contributed by atoms with Crippen LogP contribution in [-0.2, 0) is 0 Å². The van der Waals surface area contributed by atoms with Crippen LogP contribution < -0.4 is 4.90 Å². The number of para-hydroxylation sites is 3. The van der Waals surface area contributed by atoms with Gasteiger partial charge in [-0.15, -0.1) is 0 Å². The third-order valence-electron chi connectivity index (χ3n) is 9.72. The van der Waals surface area contributed by atoms with Gasteiger partial charge in [0, 0.05) is 33.6 Å². The predicted molar refractivity (Wildman–Crippen MR) is 201 cm³/mol. The van der Waals surface area contributed by atoms with Gasteiger partial charge in [0.2, 0.25) is 0 Å². The second kappa shape index (κ2) is 12.2. The van der Waals surface area contributed by atoms with E-state index in [9.17, 15) is 10.5 Å². The van der Waals surface area contributed by atoms with E-state index in [0.29, 0.717) is 11.1 Å². The summed E-state index contributed by atoms with van der Waals surface area (Å²) in [6.07, 6.45) is 12.0. The molecule has 2 atom stereocenters. The van der Waals surface area contributed by atoms with Crippen molar-refractivity contribution in [3.63, 3.8) is 0 Å². The highest BCUT2D eigenvalue weighted by atomic mass is 15.2. The summed E-state index contributed by atoms with van der Waals surface area (Å²) in [5.41, 5.74) is 11.4. The average Bonchev–Trinajstić information content (AvgIpc) is 3.67. The van der Waals surface area contributed by atoms with Gasteiger partial charge in [0.25, 0.3) is 0 Å². The molecule has 0 fully saturated rings. The fraction of sp³-hybridized carbons (Fsp3) is 0.0667. The molecule has 0 N–H and O–H groups in total. The van der Waals surface area contributed by atoms with Crippen molar-refractivity contribution in [2.75, 3.05) is 4.90 Å². The Bertz CT molecular complexity index is 2470. The van der Waals surface area contributed by atoms with Crippen molar-refractivity contribution in [2.45, 2.75) is 13.0 Å². The van der Waals surface area contributed by atoms with Crippen LogP contribution in [0.3, 0.4) is 0 Å². The van der Waals surface area contributed by atoms with Gasteiger partial charge < -0.3 is 9.47 Å². The summed E-state index contributed by atoms with van der Waals surface area (Å²) in [7, 11) is 0. The highest BCUT2D eigenvalue weighted by Gasteiger charge is 2.43. The molecule has 1 aromatic heterocycles. The summed E-state index contributed by atoms with van der Waals surface area (Å²) in [5, 5.41) is 23.3. The number of anilines is 1. The first-order chi connectivity index (χ1) is 24.2. The number of fused-ring (bicyclic) bond motifs is 4. The highest BCUT2D eigenvalue weighted by molar-refractivity contribution is 6.09. The van der Waals surface area contributed by atoms with Gasteiger partial charge in [0.1, 0.15) is 6.07 Å². The van der Waals surface area contributed by atoms with Crippen LogP contribution in [0.25, 0.3) is 49.7 Å². The van der Waals surface area contributed by atoms with E-state index in [0.717, 1.165) is 55.9 Å². The number of hydrogen-bond acceptors (Lipinski definition) is 3. The Kier molecular flexibility index (Phi) is 7.41. The number of nitrogens with zero attached hydrogens (tertiary/aromatic N) is 4. The molecule has 2 heterocycles. The molecule has 2 unspecified atom stereocenters. The van der Waals surface area contributed by atoms with E-state index in [-0.39, 0.29) is 12.0 Å². The molecule has 0 amide bonds. The number of hydrogen-bond donors (Lipinski definition) is 0. The Hall–Kier alpha value is -6.62. The molecule has 0 spiro atoms. The summed E-state index contributed by atoms with van der Waals surface area (Å²) >= 11 is 0. The lowest BCUT2D eigenvalue weighted by Crippen LogP contribution is -2.36. The second-order valence-electron chi connectivity index (χ2n) is 12.3. The van der Waals surface area contributed by atoms with E-state index in [2.05, 4.69) is 137 Å². The summed E-state index contributed by atoms with van der Waals surface area (Å²) in [6, 6.07) is 44.7. The van der Waals surface area contributed by atoms with Gasteiger partial charge in [0.05, 0.1) is 40.0 Å². The normalized spacial score (nSPS) is 17.0. The maximum atomic E-state index is 10.6. The number of aromatic nitrogens is 1. The predicted octanol–water partition coefficient (Wildman–Crippen LogP) is 10.8. The monoisotopic (exact) mass is 628 g/mol. The molecule has 4 nitrogen and oxygen atoms in total. The van der Waals surface area contributed by atoms with Crippen LogP contribution >= 0.6 is 0 Å². The van der Waals surface area contributed by atoms with Crippen LogP contribution in [0, 0.1) is 28.6 Å². The standard InChI is InChI=1S/C45H32N4/c1-3-14-36-40-24-13-17-32(29-47)45(40)49(41(36)4-2)44-31(28-46)16-12-23-39(44)35-20-6-5-19-34(35)30-15-11-18-33(27-30)48-42-25-9-7-21-37(42)38-22-8-10-26-43(38)48/h3-27,40,45H,2H2,1H3/b14-3-. The van der Waals surface area contributed by atoms with E-state index in [1.54, 1.807) is 0 Å². The Morgan fingerprint density at radius 3 is 2.10 bits per heavy atom. The fourth-order valence-electron chi connectivity index (χ4n) is 7.76. The van der Waals surface area contributed by atoms with Gasteiger partial charge in [-0.25, -0.2) is 0 Å². The lowest BCUT2D eigenvalue weighted by molar-refractivity contribution is 0.665. The van der Waals surface area contributed by atoms with Gasteiger partial charge in [0.15, 0.2) is 0 Å². The molecule has 49 heavy (non-hydrogen) atoms. The quantitative estimate of drug-likeness (QED) is 0.184. The van der Waals surface area contributed by atoms with E-state index in [1.165, 1.54) is 10.8 Å². The third kappa shape index (κ3) is 4.66. The third-order valence-corrected chi connectivity index (χ3v) is 9.72. The Morgan fingerprint density at radius 1 is 0.735 bits per heavy atom. The minimum Gasteiger partial charge on any atom is -0.330 e. The van der Waals surface area contributed by atoms with E-state index < -0.39 is 0 Å². The Morgan fingerprint density at radius 2 is 1.41 bits per heavy atom. The minimum absolute atomic E-state index is 0.0541. The number of nitriles is 2. The molecule has 4 heteroatoms. The molecular weight excluding hydrogens is 597 g/mol. The molecule has 6 aromatic rings. The SMILES string of the molecule is C=CC1=C(/C=C\C)C2C=CC=C(C#N)C2N1c1c(C#N)cccc1-c1ccccc1-c1cccc(-n2c3ccccc3c3ccccc32)c1. The van der Waals surface area contributed by atoms with Gasteiger partial charge in [-0.05, 0) is 71.7 Å². The van der Waals surface area contributed by atoms with Gasteiger partial charge in [-0.2, -0.15) is 10.5 Å². The molecular formula is C45H32N4. The van der Waals surface area contributed by atoms with Gasteiger partial charge >= 0.3 is 0 Å². The first kappa shape index (κ1) is 29.8. The topological polar surface area (TPSA) is 55.8 Å². The smallest absolute Gasteiger partial charge is 0.101 e. The average molecular weight is 629 g/mol. The van der Waals surface area contributed by atoms with Crippen molar-refractivity contribution >= 4 is 27.5 Å². The molecule has 0 saturated carbocycles. The summed E-state index contributed by atoms with van der Waals surface area (Å²) in [4.78, 5) is 2.17. The largest absolute Gasteiger partial charge is 0.330 e. The molecule has 1 aliphatic carbocycles. The number of benzene rings is 5. The van der Waals surface area contributed by atoms with Crippen LogP contribution in [0.5, 0.6) is 0 Å². The molecule has 5 aromatic carbocycles. The van der Waals surface area contributed by atoms with Crippen LogP contribution in [0.2, 0.25) is 0 Å². The van der Waals surface area contributed by atoms with Crippen molar-refractivity contribution in [3.8, 4) is 40.1 Å². The lowest BCUT2D eigenvalue weighted by atomic mass is 9.85. The highest BCUT2D eigenvalue weighted by Crippen LogP contribution is 2.49. The molecule has 232 valence electrons. The van der Waals surface area contributed by atoms with Crippen LogP contribution in [0.4, 0.5) is 5.69 Å². The maximum Gasteiger partial charge on any atom is 0.101 e. The molecule has 1 aliphatic heterocycles. The first-order valence-corrected chi connectivity index (χ1v) is 16.5. The molecule has 0 saturated heterocycles. The molecule has 2 aliphatic rings. The zero-order chi connectivity index (χ0) is 33.5. The Labute approximate surface area is 286 Å². The van der Waals surface area contributed by atoms with Crippen molar-refractivity contribution in [3.05, 3.63) is 181 Å². The van der Waals surface area contributed by atoms with E-state index >= 15 is 0 Å². The summed E-state index contributed by atoms with van der Waals surface area (Å²) in [5.74, 6) is -0.0541. The molecule has 0 bridgehead atoms. The van der Waals surface area contributed by atoms with Crippen LogP contribution in [-0.4, -0.2) is 10.6 Å². The van der Waals surface area contributed by atoms with Crippen LogP contribution in [0.1, 0.15) is 12.5 Å². The van der Waals surface area contributed by atoms with Gasteiger partial charge in [-0.1, -0.05) is 116 Å². The summed E-state index contributed by atoms with van der Waals surface area (Å²) < 4.78 is 2.33. The van der Waals surface area contributed by atoms with Crippen molar-refractivity contribution in [2.24, 2.45) is 5.92 Å². The molecule has 0 radical (unpaired) electrons. The first-order valence-electron chi connectivity index (χ1n) is 16.5. The zero-order valence-electron chi connectivity index (χ0n) is 27.1. The fourth-order valence-corrected chi connectivity index (χ4v) is 7.76. The summed E-state index contributed by atoms with van der Waals surface area (Å²) in [6.45, 7) is 6.21. The zero-order valence-corrected chi connectivity index (χ0v) is 27.1. The lowest BCUT2D eigenvalue weighted by Gasteiger charge is -2.34. The van der Waals surface area contributed by atoms with E-state index in [1.807, 2.05) is 49.4 Å². The van der Waals surface area contributed by atoms with E-state index in [4.69, 9.17) is 0 Å². The number of allylic oxidation sites excluding steroid dienone is 5. The second-order valence-corrected chi connectivity index (χ2v) is 12.3. The van der Waals surface area contributed by atoms with Crippen molar-refractivity contribution in [1.82, 2.24) is 4.57 Å². The van der Waals surface area contributed by atoms with Crippen molar-refractivity contribution < 1.29 is 0 Å². The Balaban J connectivity index is 1.34. The minimum atomic E-state index is -0.298. The van der Waals surface area contributed by atoms with Crippen LogP contribution in [0.15, 0.2) is 175 Å². The van der Waals surface area contributed by atoms with Gasteiger partial charge in [-0.3, -0.25) is 0 Å². The van der Waals surface area contributed by atoms with Crippen molar-refractivity contribution in [1.29, 1.82) is 10.5 Å². The maximum absolute atomic E-state index is 10.6. The molecule has 8 rings (SSSR count). The number of rotatable bonds is 6.